The summed E-state index contributed by atoms with van der Waals surface area (Å²) >= 11 is 0. The Balaban J connectivity index is 1.38. The molecule has 5 nitrogen and oxygen atoms in total. The van der Waals surface area contributed by atoms with Crippen molar-refractivity contribution in [3.63, 3.8) is 0 Å². The number of piperidine rings is 1. The first kappa shape index (κ1) is 17.7. The van der Waals surface area contributed by atoms with Gasteiger partial charge in [-0.15, -0.1) is 0 Å². The highest BCUT2D eigenvalue weighted by Gasteiger charge is 2.31. The molecule has 4 heterocycles. The minimum absolute atomic E-state index is 0.485. The summed E-state index contributed by atoms with van der Waals surface area (Å²) in [5, 5.41) is 0. The monoisotopic (exact) mass is 375 g/mol. The SMILES string of the molecule is CCC1(C)CCN(c2cnc3c(n2)CN=C3N2CCCc3ccccc32)CC1. The van der Waals surface area contributed by atoms with E-state index >= 15 is 0 Å². The fourth-order valence-electron chi connectivity index (χ4n) is 4.69. The van der Waals surface area contributed by atoms with E-state index in [0.29, 0.717) is 12.0 Å². The number of rotatable bonds is 2. The van der Waals surface area contributed by atoms with Crippen molar-refractivity contribution in [2.24, 2.45) is 10.4 Å². The number of hydrogen-bond donors (Lipinski definition) is 0. The molecule has 1 aromatic carbocycles. The number of aryl methyl sites for hydroxylation is 1. The van der Waals surface area contributed by atoms with Gasteiger partial charge in [-0.2, -0.15) is 0 Å². The van der Waals surface area contributed by atoms with E-state index in [0.717, 1.165) is 55.5 Å². The molecular weight excluding hydrogens is 346 g/mol. The zero-order valence-electron chi connectivity index (χ0n) is 17.0. The van der Waals surface area contributed by atoms with Crippen molar-refractivity contribution in [3.8, 4) is 0 Å². The second-order valence-electron chi connectivity index (χ2n) is 8.70. The van der Waals surface area contributed by atoms with Crippen LogP contribution < -0.4 is 9.80 Å². The third-order valence-electron chi connectivity index (χ3n) is 6.94. The normalized spacial score (nSPS) is 20.6. The summed E-state index contributed by atoms with van der Waals surface area (Å²) in [4.78, 5) is 19.4. The lowest BCUT2D eigenvalue weighted by atomic mass is 9.78. The first-order valence-electron chi connectivity index (χ1n) is 10.7. The molecule has 1 fully saturated rings. The van der Waals surface area contributed by atoms with Crippen LogP contribution in [0.25, 0.3) is 0 Å². The molecule has 146 valence electrons. The summed E-state index contributed by atoms with van der Waals surface area (Å²) in [5.41, 5.74) is 5.16. The van der Waals surface area contributed by atoms with Crippen LogP contribution in [0, 0.1) is 5.41 Å². The van der Waals surface area contributed by atoms with E-state index in [1.807, 2.05) is 6.20 Å². The van der Waals surface area contributed by atoms with Gasteiger partial charge in [-0.3, -0.25) is 4.99 Å². The molecule has 28 heavy (non-hydrogen) atoms. The molecule has 1 aromatic heterocycles. The number of anilines is 2. The molecule has 0 unspecified atom stereocenters. The number of nitrogens with zero attached hydrogens (tertiary/aromatic N) is 5. The van der Waals surface area contributed by atoms with E-state index in [-0.39, 0.29) is 0 Å². The lowest BCUT2D eigenvalue weighted by Gasteiger charge is -2.39. The van der Waals surface area contributed by atoms with E-state index in [4.69, 9.17) is 15.0 Å². The third-order valence-corrected chi connectivity index (χ3v) is 6.94. The Kier molecular flexibility index (Phi) is 4.33. The summed E-state index contributed by atoms with van der Waals surface area (Å²) in [6, 6.07) is 8.67. The van der Waals surface area contributed by atoms with Gasteiger partial charge in [0.25, 0.3) is 0 Å². The molecule has 0 saturated carbocycles. The molecule has 5 heteroatoms. The van der Waals surface area contributed by atoms with Crippen LogP contribution in [0.5, 0.6) is 0 Å². The summed E-state index contributed by atoms with van der Waals surface area (Å²) in [6.07, 6.45) is 7.97. The largest absolute Gasteiger partial charge is 0.355 e. The van der Waals surface area contributed by atoms with Crippen molar-refractivity contribution in [1.29, 1.82) is 0 Å². The topological polar surface area (TPSA) is 44.6 Å². The summed E-state index contributed by atoms with van der Waals surface area (Å²) in [6.45, 7) is 8.51. The molecule has 5 rings (SSSR count). The predicted octanol–water partition coefficient (Wildman–Crippen LogP) is 4.21. The van der Waals surface area contributed by atoms with E-state index in [1.54, 1.807) is 0 Å². The van der Waals surface area contributed by atoms with Gasteiger partial charge >= 0.3 is 0 Å². The van der Waals surface area contributed by atoms with Gasteiger partial charge in [-0.25, -0.2) is 9.97 Å². The first-order valence-corrected chi connectivity index (χ1v) is 10.7. The van der Waals surface area contributed by atoms with E-state index < -0.39 is 0 Å². The number of para-hydroxylation sites is 1. The molecule has 3 aliphatic heterocycles. The number of fused-ring (bicyclic) bond motifs is 2. The highest BCUT2D eigenvalue weighted by molar-refractivity contribution is 6.11. The minimum atomic E-state index is 0.485. The average Bonchev–Trinajstić information content (AvgIpc) is 3.17. The van der Waals surface area contributed by atoms with Crippen LogP contribution in [-0.2, 0) is 13.0 Å². The maximum atomic E-state index is 4.97. The number of aliphatic imine (C=N–C) groups is 1. The molecule has 0 spiro atoms. The highest BCUT2D eigenvalue weighted by Crippen LogP contribution is 2.36. The van der Waals surface area contributed by atoms with Crippen LogP contribution in [0.1, 0.15) is 56.5 Å². The Morgan fingerprint density at radius 2 is 1.93 bits per heavy atom. The molecule has 1 saturated heterocycles. The molecule has 3 aliphatic rings. The van der Waals surface area contributed by atoms with Gasteiger partial charge in [0.15, 0.2) is 5.84 Å². The van der Waals surface area contributed by atoms with Gasteiger partial charge in [-0.05, 0) is 42.7 Å². The number of aromatic nitrogens is 2. The van der Waals surface area contributed by atoms with Crippen LogP contribution in [-0.4, -0.2) is 35.4 Å². The first-order chi connectivity index (χ1) is 13.7. The van der Waals surface area contributed by atoms with E-state index in [9.17, 15) is 0 Å². The maximum absolute atomic E-state index is 4.97. The Morgan fingerprint density at radius 3 is 2.75 bits per heavy atom. The van der Waals surface area contributed by atoms with Gasteiger partial charge < -0.3 is 9.80 Å². The minimum Gasteiger partial charge on any atom is -0.355 e. The van der Waals surface area contributed by atoms with Gasteiger partial charge in [-0.1, -0.05) is 38.5 Å². The molecule has 0 aliphatic carbocycles. The predicted molar refractivity (Wildman–Crippen MR) is 114 cm³/mol. The van der Waals surface area contributed by atoms with Gasteiger partial charge in [0.1, 0.15) is 11.5 Å². The number of hydrogen-bond acceptors (Lipinski definition) is 5. The second-order valence-corrected chi connectivity index (χ2v) is 8.70. The average molecular weight is 376 g/mol. The molecule has 0 atom stereocenters. The summed E-state index contributed by atoms with van der Waals surface area (Å²) in [5.74, 6) is 2.02. The molecule has 0 amide bonds. The van der Waals surface area contributed by atoms with Crippen LogP contribution in [0.15, 0.2) is 35.5 Å². The number of benzene rings is 1. The third kappa shape index (κ3) is 2.97. The van der Waals surface area contributed by atoms with E-state index in [2.05, 4.69) is 47.9 Å². The quantitative estimate of drug-likeness (QED) is 0.789. The lowest BCUT2D eigenvalue weighted by Crippen LogP contribution is -2.39. The summed E-state index contributed by atoms with van der Waals surface area (Å²) in [7, 11) is 0. The zero-order chi connectivity index (χ0) is 19.1. The highest BCUT2D eigenvalue weighted by atomic mass is 15.2. The van der Waals surface area contributed by atoms with Crippen LogP contribution in [0.4, 0.5) is 11.5 Å². The lowest BCUT2D eigenvalue weighted by molar-refractivity contribution is 0.237. The van der Waals surface area contributed by atoms with Crippen LogP contribution in [0.3, 0.4) is 0 Å². The van der Waals surface area contributed by atoms with E-state index in [1.165, 1.54) is 30.5 Å². The fourth-order valence-corrected chi connectivity index (χ4v) is 4.69. The van der Waals surface area contributed by atoms with Gasteiger partial charge in [0, 0.05) is 25.3 Å². The van der Waals surface area contributed by atoms with Crippen molar-refractivity contribution in [1.82, 2.24) is 9.97 Å². The Bertz CT molecular complexity index is 911. The van der Waals surface area contributed by atoms with Crippen molar-refractivity contribution in [3.05, 3.63) is 47.4 Å². The Hall–Kier alpha value is -2.43. The van der Waals surface area contributed by atoms with Crippen molar-refractivity contribution >= 4 is 17.3 Å². The van der Waals surface area contributed by atoms with Crippen molar-refractivity contribution < 1.29 is 0 Å². The molecule has 0 N–H and O–H groups in total. The van der Waals surface area contributed by atoms with Crippen molar-refractivity contribution in [2.45, 2.75) is 52.5 Å². The molecule has 0 bridgehead atoms. The smallest absolute Gasteiger partial charge is 0.156 e. The zero-order valence-corrected chi connectivity index (χ0v) is 17.0. The van der Waals surface area contributed by atoms with Crippen molar-refractivity contribution in [2.75, 3.05) is 29.4 Å². The fraction of sp³-hybridized carbons (Fsp3) is 0.522. The van der Waals surface area contributed by atoms with Crippen LogP contribution >= 0.6 is 0 Å². The summed E-state index contributed by atoms with van der Waals surface area (Å²) < 4.78 is 0. The Labute approximate surface area is 167 Å². The molecule has 0 radical (unpaired) electrons. The molecule has 2 aromatic rings. The number of amidine groups is 1. The molecular formula is C23H29N5. The van der Waals surface area contributed by atoms with Gasteiger partial charge in [0.05, 0.1) is 18.4 Å². The standard InChI is InChI=1S/C23H29N5/c1-3-23(2)10-13-27(14-11-23)20-16-24-21-18(26-20)15-25-22(21)28-12-6-8-17-7-4-5-9-19(17)28/h4-5,7,9,16H,3,6,8,10-15H2,1-2H3. The Morgan fingerprint density at radius 1 is 1.11 bits per heavy atom. The van der Waals surface area contributed by atoms with Gasteiger partial charge in [0.2, 0.25) is 0 Å². The maximum Gasteiger partial charge on any atom is 0.156 e. The van der Waals surface area contributed by atoms with Crippen LogP contribution in [0.2, 0.25) is 0 Å². The second kappa shape index (κ2) is 6.87.